The maximum Gasteiger partial charge on any atom is 0.251 e. The van der Waals surface area contributed by atoms with E-state index in [0.717, 1.165) is 10.6 Å². The smallest absolute Gasteiger partial charge is 0.213 e. The number of sulfonamides is 1. The molecule has 0 atom stereocenters. The van der Waals surface area contributed by atoms with Crippen LogP contribution in [0, 0.1) is 0 Å². The normalized spacial score (nSPS) is 24.1. The van der Waals surface area contributed by atoms with Crippen molar-refractivity contribution in [1.29, 1.82) is 0 Å². The number of rotatable bonds is 2. The van der Waals surface area contributed by atoms with Gasteiger partial charge in [-0.15, -0.1) is 0 Å². The Morgan fingerprint density at radius 2 is 1.83 bits per heavy atom. The average molecular weight is 199 g/mol. The molecular weight excluding hydrogens is 188 g/mol. The largest absolute Gasteiger partial charge is 0.251 e. The number of hydrogen-bond acceptors (Lipinski definition) is 2. The monoisotopic (exact) mass is 199 g/mol. The molecule has 0 amide bonds. The van der Waals surface area contributed by atoms with E-state index in [9.17, 15) is 17.2 Å². The van der Waals surface area contributed by atoms with Crippen molar-refractivity contribution in [3.63, 3.8) is 0 Å². The van der Waals surface area contributed by atoms with E-state index in [4.69, 9.17) is 0 Å². The van der Waals surface area contributed by atoms with Crippen molar-refractivity contribution in [2.24, 2.45) is 0 Å². The Hall–Kier alpha value is -0.230. The van der Waals surface area contributed by atoms with Gasteiger partial charge in [0.05, 0.1) is 6.26 Å². The summed E-state index contributed by atoms with van der Waals surface area (Å²) in [6.45, 7) is 0. The van der Waals surface area contributed by atoms with Crippen LogP contribution in [-0.2, 0) is 10.0 Å². The first-order valence-electron chi connectivity index (χ1n) is 3.53. The first kappa shape index (κ1) is 9.85. The molecule has 3 nitrogen and oxygen atoms in total. The highest BCUT2D eigenvalue weighted by Crippen LogP contribution is 2.40. The minimum absolute atomic E-state index is 0.351. The molecule has 1 aliphatic rings. The lowest BCUT2D eigenvalue weighted by molar-refractivity contribution is -0.106. The van der Waals surface area contributed by atoms with E-state index in [0.29, 0.717) is 0 Å². The third-order valence-electron chi connectivity index (χ3n) is 2.11. The maximum atomic E-state index is 12.3. The van der Waals surface area contributed by atoms with Gasteiger partial charge < -0.3 is 0 Å². The van der Waals surface area contributed by atoms with Crippen LogP contribution >= 0.6 is 0 Å². The molecule has 6 heteroatoms. The zero-order valence-corrected chi connectivity index (χ0v) is 7.74. The molecule has 0 bridgehead atoms. The van der Waals surface area contributed by atoms with Crippen molar-refractivity contribution in [1.82, 2.24) is 4.31 Å². The van der Waals surface area contributed by atoms with Gasteiger partial charge in [0.1, 0.15) is 0 Å². The van der Waals surface area contributed by atoms with E-state index in [1.165, 1.54) is 7.05 Å². The van der Waals surface area contributed by atoms with E-state index in [2.05, 4.69) is 0 Å². The van der Waals surface area contributed by atoms with E-state index in [1.807, 2.05) is 0 Å². The Kier molecular flexibility index (Phi) is 2.16. The second kappa shape index (κ2) is 2.63. The van der Waals surface area contributed by atoms with Gasteiger partial charge in [0, 0.05) is 25.9 Å². The number of alkyl halides is 2. The first-order valence-corrected chi connectivity index (χ1v) is 5.38. The van der Waals surface area contributed by atoms with Gasteiger partial charge in [-0.05, 0) is 0 Å². The van der Waals surface area contributed by atoms with Crippen LogP contribution in [0.3, 0.4) is 0 Å². The van der Waals surface area contributed by atoms with Crippen LogP contribution in [0.1, 0.15) is 12.8 Å². The van der Waals surface area contributed by atoms with Crippen LogP contribution in [0.2, 0.25) is 0 Å². The van der Waals surface area contributed by atoms with Crippen LogP contribution in [0.4, 0.5) is 8.78 Å². The Labute approximate surface area is 70.4 Å². The van der Waals surface area contributed by atoms with Crippen molar-refractivity contribution in [2.75, 3.05) is 13.3 Å². The number of nitrogens with zero attached hydrogens (tertiary/aromatic N) is 1. The van der Waals surface area contributed by atoms with E-state index < -0.39 is 22.0 Å². The summed E-state index contributed by atoms with van der Waals surface area (Å²) in [5.74, 6) is -2.66. The molecule has 0 saturated heterocycles. The molecule has 0 aromatic heterocycles. The summed E-state index contributed by atoms with van der Waals surface area (Å²) in [4.78, 5) is 0. The molecule has 0 aromatic carbocycles. The third-order valence-corrected chi connectivity index (χ3v) is 3.45. The standard InChI is InChI=1S/C6H11F2NO2S/c1-9(12(2,10)11)5-3-6(7,8)4-5/h5H,3-4H2,1-2H3. The van der Waals surface area contributed by atoms with Crippen molar-refractivity contribution >= 4 is 10.0 Å². The number of hydrogen-bond donors (Lipinski definition) is 0. The molecule has 0 radical (unpaired) electrons. The summed E-state index contributed by atoms with van der Waals surface area (Å²) < 4.78 is 47.4. The lowest BCUT2D eigenvalue weighted by Gasteiger charge is -2.39. The zero-order valence-electron chi connectivity index (χ0n) is 6.92. The number of halogens is 2. The van der Waals surface area contributed by atoms with Crippen molar-refractivity contribution < 1.29 is 17.2 Å². The van der Waals surface area contributed by atoms with Gasteiger partial charge in [0.25, 0.3) is 5.92 Å². The highest BCUT2D eigenvalue weighted by molar-refractivity contribution is 7.88. The van der Waals surface area contributed by atoms with Gasteiger partial charge in [0.2, 0.25) is 10.0 Å². The lowest BCUT2D eigenvalue weighted by Crippen LogP contribution is -2.50. The highest BCUT2D eigenvalue weighted by atomic mass is 32.2. The molecule has 1 fully saturated rings. The summed E-state index contributed by atoms with van der Waals surface area (Å²) >= 11 is 0. The second-order valence-electron chi connectivity index (χ2n) is 3.20. The van der Waals surface area contributed by atoms with Crippen LogP contribution in [0.5, 0.6) is 0 Å². The fourth-order valence-electron chi connectivity index (χ4n) is 1.16. The van der Waals surface area contributed by atoms with E-state index in [-0.39, 0.29) is 12.8 Å². The molecule has 12 heavy (non-hydrogen) atoms. The fraction of sp³-hybridized carbons (Fsp3) is 1.00. The SMILES string of the molecule is CN(C1CC(F)(F)C1)S(C)(=O)=O. The highest BCUT2D eigenvalue weighted by Gasteiger charge is 2.48. The van der Waals surface area contributed by atoms with Crippen LogP contribution in [0.25, 0.3) is 0 Å². The fourth-order valence-corrected chi connectivity index (χ4v) is 1.85. The minimum atomic E-state index is -3.31. The predicted molar refractivity (Wildman–Crippen MR) is 40.6 cm³/mol. The van der Waals surface area contributed by atoms with Crippen molar-refractivity contribution in [3.8, 4) is 0 Å². The first-order chi connectivity index (χ1) is 5.22. The van der Waals surface area contributed by atoms with Crippen LogP contribution in [0.15, 0.2) is 0 Å². The topological polar surface area (TPSA) is 37.4 Å². The Balaban J connectivity index is 2.55. The second-order valence-corrected chi connectivity index (χ2v) is 5.24. The molecule has 0 N–H and O–H groups in total. The van der Waals surface area contributed by atoms with Gasteiger partial charge in [-0.2, -0.15) is 0 Å². The van der Waals surface area contributed by atoms with E-state index in [1.54, 1.807) is 0 Å². The lowest BCUT2D eigenvalue weighted by atomic mass is 9.88. The van der Waals surface area contributed by atoms with Crippen LogP contribution < -0.4 is 0 Å². The predicted octanol–water partition coefficient (Wildman–Crippen LogP) is 0.676. The van der Waals surface area contributed by atoms with E-state index >= 15 is 0 Å². The summed E-state index contributed by atoms with van der Waals surface area (Å²) in [6.07, 6.45) is 0.316. The Morgan fingerprint density at radius 3 is 2.08 bits per heavy atom. The minimum Gasteiger partial charge on any atom is -0.213 e. The molecule has 1 rings (SSSR count). The van der Waals surface area contributed by atoms with Gasteiger partial charge in [-0.3, -0.25) is 0 Å². The van der Waals surface area contributed by atoms with Crippen molar-refractivity contribution in [3.05, 3.63) is 0 Å². The van der Waals surface area contributed by atoms with Crippen molar-refractivity contribution in [2.45, 2.75) is 24.8 Å². The molecule has 72 valence electrons. The van der Waals surface area contributed by atoms with Gasteiger partial charge in [-0.1, -0.05) is 0 Å². The van der Waals surface area contributed by atoms with Crippen LogP contribution in [-0.4, -0.2) is 38.0 Å². The Morgan fingerprint density at radius 1 is 1.42 bits per heavy atom. The molecule has 0 heterocycles. The summed E-state index contributed by atoms with van der Waals surface area (Å²) in [7, 11) is -1.98. The molecule has 0 aliphatic heterocycles. The molecule has 1 saturated carbocycles. The molecular formula is C6H11F2NO2S. The third kappa shape index (κ3) is 1.92. The summed E-state index contributed by atoms with van der Waals surface area (Å²) in [5, 5.41) is 0. The molecule has 1 aliphatic carbocycles. The Bertz CT molecular complexity index is 267. The summed E-state index contributed by atoms with van der Waals surface area (Å²) in [6, 6.07) is -0.519. The zero-order chi connectivity index (χ0) is 9.57. The quantitative estimate of drug-likeness (QED) is 0.655. The summed E-state index contributed by atoms with van der Waals surface area (Å²) in [5.41, 5.74) is 0. The van der Waals surface area contributed by atoms with Gasteiger partial charge in [-0.25, -0.2) is 21.5 Å². The van der Waals surface area contributed by atoms with Gasteiger partial charge >= 0.3 is 0 Å². The van der Waals surface area contributed by atoms with Gasteiger partial charge in [0.15, 0.2) is 0 Å². The molecule has 0 unspecified atom stereocenters. The molecule has 0 aromatic rings. The molecule has 0 spiro atoms. The maximum absolute atomic E-state index is 12.3. The average Bonchev–Trinajstić information content (AvgIpc) is 1.78.